The number of aromatic nitrogens is 1. The Kier molecular flexibility index (Phi) is 5.86. The van der Waals surface area contributed by atoms with E-state index in [9.17, 15) is 0 Å². The maximum atomic E-state index is 5.61. The van der Waals surface area contributed by atoms with E-state index in [0.29, 0.717) is 35.2 Å². The topological polar surface area (TPSA) is 63.0 Å². The van der Waals surface area contributed by atoms with Crippen molar-refractivity contribution in [2.75, 3.05) is 27.9 Å². The molecule has 0 fully saturated rings. The van der Waals surface area contributed by atoms with Gasteiger partial charge in [0.2, 0.25) is 0 Å². The van der Waals surface area contributed by atoms with Crippen LogP contribution in [-0.2, 0) is 0 Å². The summed E-state index contributed by atoms with van der Waals surface area (Å²) in [5, 5.41) is 4.19. The van der Waals surface area contributed by atoms with Crippen LogP contribution in [0.4, 0.5) is 0 Å². The zero-order valence-electron chi connectivity index (χ0n) is 15.9. The van der Waals surface area contributed by atoms with Crippen molar-refractivity contribution in [1.29, 1.82) is 0 Å². The van der Waals surface area contributed by atoms with Gasteiger partial charge in [0, 0.05) is 17.7 Å². The maximum Gasteiger partial charge on any atom is 0.172 e. The molecule has 3 rings (SSSR count). The number of rotatable bonds is 8. The van der Waals surface area contributed by atoms with Gasteiger partial charge in [-0.2, -0.15) is 0 Å². The van der Waals surface area contributed by atoms with Crippen LogP contribution in [0.25, 0.3) is 22.6 Å². The molecule has 27 heavy (non-hydrogen) atoms. The first-order valence-electron chi connectivity index (χ1n) is 8.70. The second-order valence-corrected chi connectivity index (χ2v) is 5.86. The molecule has 0 aliphatic heterocycles. The minimum Gasteiger partial charge on any atom is -0.497 e. The predicted octanol–water partition coefficient (Wildman–Crippen LogP) is 4.82. The van der Waals surface area contributed by atoms with Crippen molar-refractivity contribution in [2.45, 2.75) is 13.3 Å². The van der Waals surface area contributed by atoms with Gasteiger partial charge >= 0.3 is 0 Å². The quantitative estimate of drug-likeness (QED) is 0.567. The fraction of sp³-hybridized carbons (Fsp3) is 0.286. The van der Waals surface area contributed by atoms with Crippen LogP contribution >= 0.6 is 0 Å². The molecule has 0 atom stereocenters. The van der Waals surface area contributed by atoms with E-state index in [1.807, 2.05) is 36.4 Å². The van der Waals surface area contributed by atoms with Crippen molar-refractivity contribution in [2.24, 2.45) is 0 Å². The fourth-order valence-electron chi connectivity index (χ4n) is 2.72. The third kappa shape index (κ3) is 4.00. The van der Waals surface area contributed by atoms with E-state index in [4.69, 9.17) is 23.5 Å². The lowest BCUT2D eigenvalue weighted by Gasteiger charge is -2.12. The highest BCUT2D eigenvalue weighted by molar-refractivity contribution is 5.75. The highest BCUT2D eigenvalue weighted by Crippen LogP contribution is 2.42. The van der Waals surface area contributed by atoms with Gasteiger partial charge in [0.25, 0.3) is 0 Å². The van der Waals surface area contributed by atoms with E-state index < -0.39 is 0 Å². The van der Waals surface area contributed by atoms with E-state index in [2.05, 4.69) is 12.1 Å². The predicted molar refractivity (Wildman–Crippen MR) is 103 cm³/mol. The van der Waals surface area contributed by atoms with Crippen molar-refractivity contribution in [3.8, 4) is 45.6 Å². The lowest BCUT2D eigenvalue weighted by molar-refractivity contribution is 0.317. The zero-order chi connectivity index (χ0) is 19.2. The van der Waals surface area contributed by atoms with Gasteiger partial charge in [-0.15, -0.1) is 0 Å². The molecule has 0 saturated carbocycles. The summed E-state index contributed by atoms with van der Waals surface area (Å²) < 4.78 is 27.4. The Bertz CT molecular complexity index is 886. The van der Waals surface area contributed by atoms with Crippen molar-refractivity contribution in [3.63, 3.8) is 0 Å². The molecule has 0 spiro atoms. The van der Waals surface area contributed by atoms with Crippen molar-refractivity contribution < 1.29 is 23.5 Å². The van der Waals surface area contributed by atoms with Crippen LogP contribution in [-0.4, -0.2) is 33.1 Å². The fourth-order valence-corrected chi connectivity index (χ4v) is 2.72. The monoisotopic (exact) mass is 369 g/mol. The summed E-state index contributed by atoms with van der Waals surface area (Å²) in [7, 11) is 4.76. The van der Waals surface area contributed by atoms with Gasteiger partial charge in [0.15, 0.2) is 17.3 Å². The number of hydrogen-bond acceptors (Lipinski definition) is 6. The summed E-state index contributed by atoms with van der Waals surface area (Å²) in [4.78, 5) is 0. The van der Waals surface area contributed by atoms with Crippen LogP contribution in [0.5, 0.6) is 23.0 Å². The van der Waals surface area contributed by atoms with Gasteiger partial charge in [-0.1, -0.05) is 12.1 Å². The Morgan fingerprint density at radius 2 is 1.67 bits per heavy atom. The van der Waals surface area contributed by atoms with Gasteiger partial charge in [0.1, 0.15) is 17.2 Å². The standard InChI is InChI=1S/C21H23NO5/c1-5-10-26-15-8-6-14(7-9-15)18-13-19(27-22-18)17-11-16(23-2)12-20(24-3)21(17)25-4/h6-9,11-13H,5,10H2,1-4H3. The van der Waals surface area contributed by atoms with Crippen LogP contribution in [0, 0.1) is 0 Å². The number of ether oxygens (including phenoxy) is 4. The average molecular weight is 369 g/mol. The first-order valence-corrected chi connectivity index (χ1v) is 8.70. The smallest absolute Gasteiger partial charge is 0.172 e. The van der Waals surface area contributed by atoms with E-state index in [1.165, 1.54) is 0 Å². The summed E-state index contributed by atoms with van der Waals surface area (Å²) in [6, 6.07) is 13.2. The van der Waals surface area contributed by atoms with Gasteiger partial charge in [-0.05, 0) is 36.8 Å². The largest absolute Gasteiger partial charge is 0.497 e. The van der Waals surface area contributed by atoms with E-state index in [0.717, 1.165) is 23.4 Å². The molecule has 2 aromatic carbocycles. The maximum absolute atomic E-state index is 5.61. The van der Waals surface area contributed by atoms with Gasteiger partial charge in [0.05, 0.1) is 33.5 Å². The first-order chi connectivity index (χ1) is 13.2. The molecule has 0 aliphatic rings. The van der Waals surface area contributed by atoms with E-state index in [1.54, 1.807) is 27.4 Å². The lowest BCUT2D eigenvalue weighted by Crippen LogP contribution is -1.95. The average Bonchev–Trinajstić information content (AvgIpc) is 3.21. The first kappa shape index (κ1) is 18.6. The zero-order valence-corrected chi connectivity index (χ0v) is 15.9. The molecule has 0 unspecified atom stereocenters. The second-order valence-electron chi connectivity index (χ2n) is 5.86. The summed E-state index contributed by atoms with van der Waals surface area (Å²) in [6.07, 6.45) is 0.972. The number of methoxy groups -OCH3 is 3. The number of hydrogen-bond donors (Lipinski definition) is 0. The summed E-state index contributed by atoms with van der Waals surface area (Å²) in [5.41, 5.74) is 2.36. The molecule has 0 aliphatic carbocycles. The molecular weight excluding hydrogens is 346 g/mol. The Hall–Kier alpha value is -3.15. The van der Waals surface area contributed by atoms with Crippen LogP contribution in [0.15, 0.2) is 47.0 Å². The molecule has 0 bridgehead atoms. The summed E-state index contributed by atoms with van der Waals surface area (Å²) in [5.74, 6) is 3.15. The lowest BCUT2D eigenvalue weighted by atomic mass is 10.1. The molecule has 6 heteroatoms. The minimum atomic E-state index is 0.558. The van der Waals surface area contributed by atoms with Gasteiger partial charge in [-0.3, -0.25) is 0 Å². The van der Waals surface area contributed by atoms with Crippen molar-refractivity contribution in [3.05, 3.63) is 42.5 Å². The third-order valence-electron chi connectivity index (χ3n) is 4.09. The second kappa shape index (κ2) is 8.49. The number of benzene rings is 2. The molecule has 142 valence electrons. The molecule has 0 N–H and O–H groups in total. The molecule has 3 aromatic rings. The molecule has 0 amide bonds. The highest BCUT2D eigenvalue weighted by atomic mass is 16.5. The molecule has 1 heterocycles. The Balaban J connectivity index is 1.94. The van der Waals surface area contributed by atoms with Gasteiger partial charge < -0.3 is 23.5 Å². The van der Waals surface area contributed by atoms with Crippen LogP contribution in [0.1, 0.15) is 13.3 Å². The Labute approximate surface area is 158 Å². The summed E-state index contributed by atoms with van der Waals surface area (Å²) in [6.45, 7) is 2.78. The van der Waals surface area contributed by atoms with Crippen LogP contribution < -0.4 is 18.9 Å². The van der Waals surface area contributed by atoms with Crippen molar-refractivity contribution in [1.82, 2.24) is 5.16 Å². The number of nitrogens with zero attached hydrogens (tertiary/aromatic N) is 1. The van der Waals surface area contributed by atoms with Crippen LogP contribution in [0.2, 0.25) is 0 Å². The molecule has 0 radical (unpaired) electrons. The van der Waals surface area contributed by atoms with E-state index in [-0.39, 0.29) is 0 Å². The van der Waals surface area contributed by atoms with Gasteiger partial charge in [-0.25, -0.2) is 0 Å². The SMILES string of the molecule is CCCOc1ccc(-c2cc(-c3cc(OC)cc(OC)c3OC)on2)cc1. The minimum absolute atomic E-state index is 0.558. The molecule has 6 nitrogen and oxygen atoms in total. The van der Waals surface area contributed by atoms with Crippen LogP contribution in [0.3, 0.4) is 0 Å². The highest BCUT2D eigenvalue weighted by Gasteiger charge is 2.19. The molecular formula is C21H23NO5. The molecule has 1 aromatic heterocycles. The third-order valence-corrected chi connectivity index (χ3v) is 4.09. The summed E-state index contributed by atoms with van der Waals surface area (Å²) >= 11 is 0. The Morgan fingerprint density at radius 1 is 0.889 bits per heavy atom. The van der Waals surface area contributed by atoms with Crippen molar-refractivity contribution >= 4 is 0 Å². The Morgan fingerprint density at radius 3 is 2.30 bits per heavy atom. The normalized spacial score (nSPS) is 10.5. The molecule has 0 saturated heterocycles. The van der Waals surface area contributed by atoms with E-state index >= 15 is 0 Å².